The van der Waals surface area contributed by atoms with Gasteiger partial charge in [0.1, 0.15) is 12.0 Å². The van der Waals surface area contributed by atoms with Crippen LogP contribution in [0.15, 0.2) is 34.9 Å². The van der Waals surface area contributed by atoms with E-state index in [4.69, 9.17) is 24.9 Å². The molecule has 2 N–H and O–H groups in total. The Morgan fingerprint density at radius 3 is 2.93 bits per heavy atom. The normalized spacial score (nSPS) is 12.6. The van der Waals surface area contributed by atoms with Crippen LogP contribution in [0.25, 0.3) is 11.3 Å². The molecule has 0 saturated carbocycles. The summed E-state index contributed by atoms with van der Waals surface area (Å²) in [7, 11) is 1.51. The Morgan fingerprint density at radius 2 is 2.22 bits per heavy atom. The number of carbonyl (C=O) groups excluding carboxylic acids is 1. The third-order valence-electron chi connectivity index (χ3n) is 3.69. The molecule has 2 aromatic heterocycles. The van der Waals surface area contributed by atoms with Gasteiger partial charge in [-0.2, -0.15) is 5.10 Å². The van der Waals surface area contributed by atoms with E-state index in [2.05, 4.69) is 20.5 Å². The van der Waals surface area contributed by atoms with Crippen molar-refractivity contribution in [2.75, 3.05) is 19.4 Å². The van der Waals surface area contributed by atoms with Gasteiger partial charge in [-0.05, 0) is 12.1 Å². The molecule has 0 bridgehead atoms. The van der Waals surface area contributed by atoms with Crippen LogP contribution in [-0.2, 0) is 11.2 Å². The summed E-state index contributed by atoms with van der Waals surface area (Å²) in [5.74, 6) is 0.267. The molecule has 0 radical (unpaired) electrons. The number of likely N-dealkylation sites (N-methyl/N-ethyl adjacent to an activating group) is 1. The molecule has 1 amide bonds. The molecule has 0 unspecified atom stereocenters. The van der Waals surface area contributed by atoms with E-state index in [1.54, 1.807) is 19.1 Å². The van der Waals surface area contributed by atoms with E-state index in [0.29, 0.717) is 34.3 Å². The van der Waals surface area contributed by atoms with Crippen LogP contribution in [0.1, 0.15) is 15.7 Å². The number of halogens is 1. The Labute approximate surface area is 165 Å². The van der Waals surface area contributed by atoms with Gasteiger partial charge < -0.3 is 19.8 Å². The molecule has 8 nitrogen and oxygen atoms in total. The molecule has 0 aliphatic carbocycles. The lowest BCUT2D eigenvalue weighted by Gasteiger charge is -2.15. The van der Waals surface area contributed by atoms with Crippen molar-refractivity contribution in [2.24, 2.45) is 0 Å². The minimum atomic E-state index is -2.60. The second-order valence-electron chi connectivity index (χ2n) is 5.52. The highest BCUT2D eigenvalue weighted by Crippen LogP contribution is 2.38. The minimum Gasteiger partial charge on any atom is -0.494 e. The molecule has 0 aliphatic heterocycles. The van der Waals surface area contributed by atoms with Gasteiger partial charge in [-0.1, -0.05) is 17.7 Å². The maximum Gasteiger partial charge on any atom is 0.225 e. The maximum absolute atomic E-state index is 12.0. The lowest BCUT2D eigenvalue weighted by molar-refractivity contribution is -0.120. The molecule has 9 heteroatoms. The number of anilines is 2. The van der Waals surface area contributed by atoms with Crippen LogP contribution in [0.2, 0.25) is 5.15 Å². The summed E-state index contributed by atoms with van der Waals surface area (Å²) in [5, 5.41) is 12.8. The molecule has 3 aromatic rings. The third kappa shape index (κ3) is 4.17. The van der Waals surface area contributed by atoms with E-state index in [0.717, 1.165) is 0 Å². The summed E-state index contributed by atoms with van der Waals surface area (Å²) >= 11 is 5.97. The first-order valence-corrected chi connectivity index (χ1v) is 8.23. The minimum absolute atomic E-state index is 0.0970. The summed E-state index contributed by atoms with van der Waals surface area (Å²) in [6, 6.07) is 6.86. The fourth-order valence-electron chi connectivity index (χ4n) is 2.52. The standard InChI is InChI=1S/C18H18ClN5O3/c1-10-21-15(9-27-10)11-5-4-6-12(18(11)26-3)22-13-7-16(19)24-23-14(13)8-17(25)20-2/h4-7,9H,8H2,1-3H3,(H,20,25)(H,22,24)/i2D3. The number of hydrogen-bond acceptors (Lipinski definition) is 7. The number of carbonyl (C=O) groups is 1. The zero-order chi connectivity index (χ0) is 21.9. The Hall–Kier alpha value is -3.13. The molecular formula is C18H18ClN5O3. The molecule has 27 heavy (non-hydrogen) atoms. The molecule has 0 atom stereocenters. The van der Waals surface area contributed by atoms with Crippen LogP contribution in [-0.4, -0.2) is 35.2 Å². The number of benzene rings is 1. The molecule has 140 valence electrons. The van der Waals surface area contributed by atoms with E-state index in [-0.39, 0.29) is 17.3 Å². The monoisotopic (exact) mass is 390 g/mol. The van der Waals surface area contributed by atoms with E-state index >= 15 is 0 Å². The van der Waals surface area contributed by atoms with Crippen LogP contribution in [0.5, 0.6) is 5.75 Å². The van der Waals surface area contributed by atoms with Crippen molar-refractivity contribution in [2.45, 2.75) is 13.3 Å². The number of hydrogen-bond donors (Lipinski definition) is 2. The van der Waals surface area contributed by atoms with E-state index in [1.807, 2.05) is 11.4 Å². The first kappa shape index (κ1) is 15.0. The third-order valence-corrected chi connectivity index (χ3v) is 3.88. The van der Waals surface area contributed by atoms with Crippen molar-refractivity contribution in [1.29, 1.82) is 0 Å². The van der Waals surface area contributed by atoms with E-state index < -0.39 is 12.9 Å². The number of rotatable bonds is 6. The first-order chi connectivity index (χ1) is 14.2. The van der Waals surface area contributed by atoms with Gasteiger partial charge in [0.2, 0.25) is 5.91 Å². The number of para-hydroxylation sites is 1. The smallest absolute Gasteiger partial charge is 0.225 e. The number of amides is 1. The van der Waals surface area contributed by atoms with Gasteiger partial charge in [0.25, 0.3) is 0 Å². The first-order valence-electron chi connectivity index (χ1n) is 9.36. The number of aromatic nitrogens is 3. The van der Waals surface area contributed by atoms with Crippen LogP contribution >= 0.6 is 11.6 Å². The van der Waals surface area contributed by atoms with E-state index in [1.165, 1.54) is 19.4 Å². The molecule has 1 aromatic carbocycles. The van der Waals surface area contributed by atoms with Crippen LogP contribution in [0, 0.1) is 6.92 Å². The van der Waals surface area contributed by atoms with Gasteiger partial charge in [-0.15, -0.1) is 5.10 Å². The highest BCUT2D eigenvalue weighted by Gasteiger charge is 2.17. The lowest BCUT2D eigenvalue weighted by atomic mass is 10.1. The molecule has 0 saturated heterocycles. The lowest BCUT2D eigenvalue weighted by Crippen LogP contribution is -2.21. The highest BCUT2D eigenvalue weighted by atomic mass is 35.5. The second kappa shape index (κ2) is 8.05. The fraction of sp³-hybridized carbons (Fsp3) is 0.222. The van der Waals surface area contributed by atoms with Crippen molar-refractivity contribution in [3.8, 4) is 17.0 Å². The average molecular weight is 391 g/mol. The summed E-state index contributed by atoms with van der Waals surface area (Å²) in [6.45, 7) is -0.864. The number of aryl methyl sites for hydroxylation is 1. The number of methoxy groups -OCH3 is 1. The number of nitrogens with one attached hydrogen (secondary N) is 2. The molecule has 0 fully saturated rings. The molecule has 0 aliphatic rings. The Bertz CT molecular complexity index is 1070. The summed E-state index contributed by atoms with van der Waals surface area (Å²) in [5.41, 5.74) is 2.43. The Kier molecular flexibility index (Phi) is 4.46. The predicted octanol–water partition coefficient (Wildman–Crippen LogP) is 3.13. The van der Waals surface area contributed by atoms with Gasteiger partial charge in [0.15, 0.2) is 16.8 Å². The highest BCUT2D eigenvalue weighted by molar-refractivity contribution is 6.29. The van der Waals surface area contributed by atoms with Crippen LogP contribution < -0.4 is 15.4 Å². The predicted molar refractivity (Wildman–Crippen MR) is 101 cm³/mol. The SMILES string of the molecule is [2H]C([2H])([2H])NC(=O)Cc1nnc(Cl)cc1Nc1cccc(-c2coc(C)n2)c1OC. The fourth-order valence-corrected chi connectivity index (χ4v) is 2.66. The second-order valence-corrected chi connectivity index (χ2v) is 5.90. The van der Waals surface area contributed by atoms with Crippen molar-refractivity contribution in [3.63, 3.8) is 0 Å². The van der Waals surface area contributed by atoms with Gasteiger partial charge in [-0.25, -0.2) is 4.98 Å². The number of oxazole rings is 1. The van der Waals surface area contributed by atoms with Crippen molar-refractivity contribution in [1.82, 2.24) is 20.5 Å². The molecule has 3 rings (SSSR count). The maximum atomic E-state index is 12.0. The van der Waals surface area contributed by atoms with Crippen molar-refractivity contribution < 1.29 is 18.1 Å². The van der Waals surface area contributed by atoms with Crippen molar-refractivity contribution in [3.05, 3.63) is 47.3 Å². The van der Waals surface area contributed by atoms with Gasteiger partial charge in [0, 0.05) is 29.6 Å². The van der Waals surface area contributed by atoms with Gasteiger partial charge in [0.05, 0.1) is 30.6 Å². The summed E-state index contributed by atoms with van der Waals surface area (Å²) in [6.07, 6.45) is 1.21. The molecule has 0 spiro atoms. The zero-order valence-corrected chi connectivity index (χ0v) is 15.3. The summed E-state index contributed by atoms with van der Waals surface area (Å²) < 4.78 is 32.3. The molecule has 2 heterocycles. The zero-order valence-electron chi connectivity index (χ0n) is 17.5. The largest absolute Gasteiger partial charge is 0.494 e. The molecular weight excluding hydrogens is 370 g/mol. The Balaban J connectivity index is 1.94. The van der Waals surface area contributed by atoms with Gasteiger partial charge in [-0.3, -0.25) is 4.79 Å². The summed E-state index contributed by atoms with van der Waals surface area (Å²) in [4.78, 5) is 16.4. The van der Waals surface area contributed by atoms with Crippen LogP contribution in [0.4, 0.5) is 11.4 Å². The quantitative estimate of drug-likeness (QED) is 0.666. The van der Waals surface area contributed by atoms with Crippen molar-refractivity contribution >= 4 is 28.9 Å². The Morgan fingerprint density at radius 1 is 1.37 bits per heavy atom. The average Bonchev–Trinajstić information content (AvgIpc) is 3.08. The van der Waals surface area contributed by atoms with Crippen LogP contribution in [0.3, 0.4) is 0 Å². The van der Waals surface area contributed by atoms with Gasteiger partial charge >= 0.3 is 0 Å². The number of nitrogens with zero attached hydrogens (tertiary/aromatic N) is 3. The topological polar surface area (TPSA) is 102 Å². The van der Waals surface area contributed by atoms with E-state index in [9.17, 15) is 4.79 Å². The number of ether oxygens (including phenoxy) is 1.